The lowest BCUT2D eigenvalue weighted by atomic mass is 10.2. The topological polar surface area (TPSA) is 81.5 Å². The minimum atomic E-state index is -0.827. The van der Waals surface area contributed by atoms with Crippen LogP contribution in [-0.4, -0.2) is 16.9 Å². The van der Waals surface area contributed by atoms with Crippen molar-refractivity contribution in [1.29, 1.82) is 0 Å². The first kappa shape index (κ1) is 17.1. The van der Waals surface area contributed by atoms with Crippen molar-refractivity contribution in [1.82, 2.24) is 0 Å². The summed E-state index contributed by atoms with van der Waals surface area (Å²) in [4.78, 5) is 22.2. The predicted octanol–water partition coefficient (Wildman–Crippen LogP) is 4.31. The van der Waals surface area contributed by atoms with Crippen LogP contribution in [0.15, 0.2) is 42.5 Å². The van der Waals surface area contributed by atoms with E-state index in [0.717, 1.165) is 0 Å². The minimum absolute atomic E-state index is 0.0554. The van der Waals surface area contributed by atoms with E-state index in [4.69, 9.17) is 27.9 Å². The normalized spacial score (nSPS) is 11.6. The smallest absolute Gasteiger partial charge is 0.269 e. The lowest BCUT2D eigenvalue weighted by Crippen LogP contribution is -2.30. The first-order valence-corrected chi connectivity index (χ1v) is 7.30. The first-order valence-electron chi connectivity index (χ1n) is 6.54. The fraction of sp³-hybridized carbons (Fsp3) is 0.133. The van der Waals surface area contributed by atoms with Crippen molar-refractivity contribution in [3.63, 3.8) is 0 Å². The average Bonchev–Trinajstić information content (AvgIpc) is 2.52. The summed E-state index contributed by atoms with van der Waals surface area (Å²) in [5.41, 5.74) is 0.323. The van der Waals surface area contributed by atoms with Crippen molar-refractivity contribution in [2.75, 3.05) is 5.32 Å². The van der Waals surface area contributed by atoms with Gasteiger partial charge in [0.05, 0.1) is 20.7 Å². The standard InChI is InChI=1S/C15H12Cl2N2O4/c1-9(23-11-7-5-10(6-8-11)19(21)22)15(20)18-13-4-2-3-12(16)14(13)17/h2-9H,1H3,(H,18,20)/t9-/m0/s1. The molecule has 2 aromatic rings. The van der Waals surface area contributed by atoms with Gasteiger partial charge >= 0.3 is 0 Å². The second kappa shape index (κ2) is 7.30. The largest absolute Gasteiger partial charge is 0.481 e. The van der Waals surface area contributed by atoms with Gasteiger partial charge in [-0.25, -0.2) is 0 Å². The Hall–Kier alpha value is -2.31. The van der Waals surface area contributed by atoms with Crippen molar-refractivity contribution in [2.45, 2.75) is 13.0 Å². The molecule has 0 aliphatic rings. The molecular weight excluding hydrogens is 343 g/mol. The molecule has 0 saturated heterocycles. The van der Waals surface area contributed by atoms with Crippen molar-refractivity contribution in [2.24, 2.45) is 0 Å². The number of nitro benzene ring substituents is 1. The van der Waals surface area contributed by atoms with Crippen molar-refractivity contribution < 1.29 is 14.5 Å². The van der Waals surface area contributed by atoms with E-state index >= 15 is 0 Å². The molecular formula is C15H12Cl2N2O4. The second-order valence-corrected chi connectivity index (χ2v) is 5.39. The first-order chi connectivity index (χ1) is 10.9. The number of nitro groups is 1. The van der Waals surface area contributed by atoms with Gasteiger partial charge in [-0.3, -0.25) is 14.9 Å². The van der Waals surface area contributed by atoms with Crippen molar-refractivity contribution in [3.05, 3.63) is 62.6 Å². The Kier molecular flexibility index (Phi) is 5.41. The van der Waals surface area contributed by atoms with Crippen LogP contribution >= 0.6 is 23.2 Å². The van der Waals surface area contributed by atoms with Crippen LogP contribution in [-0.2, 0) is 4.79 Å². The molecule has 0 saturated carbocycles. The van der Waals surface area contributed by atoms with E-state index in [2.05, 4.69) is 5.32 Å². The third-order valence-electron chi connectivity index (χ3n) is 2.94. The highest BCUT2D eigenvalue weighted by molar-refractivity contribution is 6.44. The molecule has 0 fully saturated rings. The number of benzene rings is 2. The fourth-order valence-electron chi connectivity index (χ4n) is 1.74. The van der Waals surface area contributed by atoms with Crippen LogP contribution in [0, 0.1) is 10.1 Å². The molecule has 0 aromatic heterocycles. The molecule has 2 rings (SSSR count). The Bertz CT molecular complexity index is 735. The summed E-state index contributed by atoms with van der Waals surface area (Å²) in [5.74, 6) is -0.0806. The molecule has 0 spiro atoms. The molecule has 120 valence electrons. The fourth-order valence-corrected chi connectivity index (χ4v) is 2.09. The maximum Gasteiger partial charge on any atom is 0.269 e. The number of carbonyl (C=O) groups is 1. The summed E-state index contributed by atoms with van der Waals surface area (Å²) in [5, 5.41) is 13.8. The zero-order valence-corrected chi connectivity index (χ0v) is 13.5. The third kappa shape index (κ3) is 4.34. The van der Waals surface area contributed by atoms with E-state index in [1.165, 1.54) is 24.3 Å². The van der Waals surface area contributed by atoms with Gasteiger partial charge in [0.15, 0.2) is 6.10 Å². The number of non-ortho nitro benzene ring substituents is 1. The highest BCUT2D eigenvalue weighted by atomic mass is 35.5. The number of halogens is 2. The lowest BCUT2D eigenvalue weighted by molar-refractivity contribution is -0.384. The van der Waals surface area contributed by atoms with Crippen molar-refractivity contribution in [3.8, 4) is 5.75 Å². The quantitative estimate of drug-likeness (QED) is 0.640. The zero-order valence-electron chi connectivity index (χ0n) is 12.0. The summed E-state index contributed by atoms with van der Waals surface area (Å²) in [6, 6.07) is 10.3. The monoisotopic (exact) mass is 354 g/mol. The van der Waals surface area contributed by atoms with Crippen LogP contribution in [0.1, 0.15) is 6.92 Å². The van der Waals surface area contributed by atoms with E-state index in [1.54, 1.807) is 25.1 Å². The lowest BCUT2D eigenvalue weighted by Gasteiger charge is -2.15. The second-order valence-electron chi connectivity index (χ2n) is 4.60. The highest BCUT2D eigenvalue weighted by Gasteiger charge is 2.17. The number of carbonyl (C=O) groups excluding carboxylic acids is 1. The number of hydrogen-bond acceptors (Lipinski definition) is 4. The van der Waals surface area contributed by atoms with Crippen LogP contribution in [0.4, 0.5) is 11.4 Å². The molecule has 0 aliphatic heterocycles. The molecule has 0 heterocycles. The SMILES string of the molecule is C[C@H](Oc1ccc([N+](=O)[O-])cc1)C(=O)Nc1cccc(Cl)c1Cl. The van der Waals surface area contributed by atoms with E-state index in [9.17, 15) is 14.9 Å². The molecule has 1 atom stereocenters. The molecule has 0 radical (unpaired) electrons. The van der Waals surface area contributed by atoms with Gasteiger partial charge in [-0.1, -0.05) is 29.3 Å². The summed E-state index contributed by atoms with van der Waals surface area (Å²) in [7, 11) is 0. The summed E-state index contributed by atoms with van der Waals surface area (Å²) >= 11 is 11.9. The predicted molar refractivity (Wildman–Crippen MR) is 88.3 cm³/mol. The Morgan fingerprint density at radius 2 is 1.87 bits per heavy atom. The molecule has 23 heavy (non-hydrogen) atoms. The molecule has 0 aliphatic carbocycles. The highest BCUT2D eigenvalue weighted by Crippen LogP contribution is 2.29. The van der Waals surface area contributed by atoms with Crippen molar-refractivity contribution >= 4 is 40.5 Å². The van der Waals surface area contributed by atoms with E-state index in [0.29, 0.717) is 16.5 Å². The van der Waals surface area contributed by atoms with Crippen LogP contribution in [0.25, 0.3) is 0 Å². The maximum atomic E-state index is 12.1. The molecule has 0 bridgehead atoms. The average molecular weight is 355 g/mol. The van der Waals surface area contributed by atoms with Gasteiger partial charge in [0.2, 0.25) is 0 Å². The molecule has 2 aromatic carbocycles. The van der Waals surface area contributed by atoms with E-state index in [-0.39, 0.29) is 10.7 Å². The van der Waals surface area contributed by atoms with E-state index in [1.807, 2.05) is 0 Å². The number of nitrogens with one attached hydrogen (secondary N) is 1. The van der Waals surface area contributed by atoms with Gasteiger partial charge in [0.1, 0.15) is 5.75 Å². The molecule has 1 N–H and O–H groups in total. The molecule has 6 nitrogen and oxygen atoms in total. The van der Waals surface area contributed by atoms with Gasteiger partial charge in [-0.05, 0) is 31.2 Å². The number of amides is 1. The van der Waals surface area contributed by atoms with Crippen LogP contribution in [0.2, 0.25) is 10.0 Å². The van der Waals surface area contributed by atoms with Gasteiger partial charge in [0, 0.05) is 12.1 Å². The van der Waals surface area contributed by atoms with Crippen LogP contribution in [0.3, 0.4) is 0 Å². The van der Waals surface area contributed by atoms with Crippen LogP contribution in [0.5, 0.6) is 5.75 Å². The van der Waals surface area contributed by atoms with Gasteiger partial charge in [-0.2, -0.15) is 0 Å². The molecule has 8 heteroatoms. The van der Waals surface area contributed by atoms with Crippen LogP contribution < -0.4 is 10.1 Å². The summed E-state index contributed by atoms with van der Waals surface area (Å²) < 4.78 is 5.44. The van der Waals surface area contributed by atoms with Gasteiger partial charge in [-0.15, -0.1) is 0 Å². The Balaban J connectivity index is 2.02. The number of hydrogen-bond donors (Lipinski definition) is 1. The Morgan fingerprint density at radius 1 is 1.22 bits per heavy atom. The summed E-state index contributed by atoms with van der Waals surface area (Å²) in [6.07, 6.45) is -0.827. The van der Waals surface area contributed by atoms with Gasteiger partial charge < -0.3 is 10.1 Å². The third-order valence-corrected chi connectivity index (χ3v) is 3.76. The molecule has 0 unspecified atom stereocenters. The summed E-state index contributed by atoms with van der Waals surface area (Å²) in [6.45, 7) is 1.55. The Morgan fingerprint density at radius 3 is 2.48 bits per heavy atom. The molecule has 1 amide bonds. The number of rotatable bonds is 5. The number of ether oxygens (including phenoxy) is 1. The van der Waals surface area contributed by atoms with E-state index < -0.39 is 16.9 Å². The Labute approximate surface area is 142 Å². The zero-order chi connectivity index (χ0) is 17.0. The minimum Gasteiger partial charge on any atom is -0.481 e. The number of nitrogens with zero attached hydrogens (tertiary/aromatic N) is 1. The van der Waals surface area contributed by atoms with Gasteiger partial charge in [0.25, 0.3) is 11.6 Å². The maximum absolute atomic E-state index is 12.1. The number of anilines is 1.